The lowest BCUT2D eigenvalue weighted by Gasteiger charge is -2.21. The van der Waals surface area contributed by atoms with Crippen LogP contribution in [0.5, 0.6) is 0 Å². The van der Waals surface area contributed by atoms with Crippen LogP contribution in [0, 0.1) is 13.8 Å². The lowest BCUT2D eigenvalue weighted by molar-refractivity contribution is 0.824. The quantitative estimate of drug-likeness (QED) is 0.821. The molecule has 1 N–H and O–H groups in total. The van der Waals surface area contributed by atoms with Crippen LogP contribution in [0.2, 0.25) is 0 Å². The number of hydrogen-bond acceptors (Lipinski definition) is 4. The van der Waals surface area contributed by atoms with Gasteiger partial charge in [-0.2, -0.15) is 0 Å². The molecule has 0 unspecified atom stereocenters. The molecule has 84 valence electrons. The lowest BCUT2D eigenvalue weighted by atomic mass is 10.2. The van der Waals surface area contributed by atoms with Crippen LogP contribution in [0.3, 0.4) is 0 Å². The minimum absolute atomic E-state index is 0.808. The van der Waals surface area contributed by atoms with E-state index in [2.05, 4.69) is 34.2 Å². The van der Waals surface area contributed by atoms with Crippen molar-refractivity contribution in [2.75, 3.05) is 30.9 Å². The molecule has 1 aromatic heterocycles. The molecule has 0 aromatic carbocycles. The van der Waals surface area contributed by atoms with Crippen LogP contribution in [-0.4, -0.2) is 30.6 Å². The van der Waals surface area contributed by atoms with Gasteiger partial charge in [-0.3, -0.25) is 0 Å². The number of nitrogens with zero attached hydrogens (tertiary/aromatic N) is 3. The van der Waals surface area contributed by atoms with Crippen LogP contribution in [0.1, 0.15) is 24.7 Å². The fourth-order valence-corrected chi connectivity index (χ4v) is 1.67. The number of hydrogen-bond donors (Lipinski definition) is 1. The van der Waals surface area contributed by atoms with Gasteiger partial charge in [0.05, 0.1) is 0 Å². The molecule has 0 aliphatic carbocycles. The maximum Gasteiger partial charge on any atom is 0.137 e. The van der Waals surface area contributed by atoms with Gasteiger partial charge >= 0.3 is 0 Å². The Morgan fingerprint density at radius 3 is 2.47 bits per heavy atom. The van der Waals surface area contributed by atoms with Gasteiger partial charge < -0.3 is 10.2 Å². The van der Waals surface area contributed by atoms with Crippen molar-refractivity contribution in [2.45, 2.75) is 27.2 Å². The maximum atomic E-state index is 4.47. The van der Waals surface area contributed by atoms with E-state index in [-0.39, 0.29) is 0 Å². The summed E-state index contributed by atoms with van der Waals surface area (Å²) in [6.07, 6.45) is 1.12. The van der Waals surface area contributed by atoms with Crippen LogP contribution in [0.25, 0.3) is 0 Å². The van der Waals surface area contributed by atoms with Crippen LogP contribution in [-0.2, 0) is 0 Å². The Bertz CT molecular complexity index is 336. The summed E-state index contributed by atoms with van der Waals surface area (Å²) in [6.45, 7) is 7.15. The number of anilines is 2. The molecule has 0 saturated carbocycles. The topological polar surface area (TPSA) is 41.1 Å². The zero-order valence-corrected chi connectivity index (χ0v) is 10.3. The third-order valence-electron chi connectivity index (χ3n) is 2.39. The summed E-state index contributed by atoms with van der Waals surface area (Å²) >= 11 is 0. The van der Waals surface area contributed by atoms with Crippen molar-refractivity contribution in [1.29, 1.82) is 0 Å². The van der Waals surface area contributed by atoms with E-state index in [0.29, 0.717) is 0 Å². The van der Waals surface area contributed by atoms with Crippen molar-refractivity contribution in [3.63, 3.8) is 0 Å². The monoisotopic (exact) mass is 208 g/mol. The summed E-state index contributed by atoms with van der Waals surface area (Å²) in [5.41, 5.74) is 1.11. The molecule has 0 radical (unpaired) electrons. The highest BCUT2D eigenvalue weighted by Gasteiger charge is 2.10. The smallest absolute Gasteiger partial charge is 0.137 e. The number of aryl methyl sites for hydroxylation is 1. The fourth-order valence-electron chi connectivity index (χ4n) is 1.67. The van der Waals surface area contributed by atoms with Crippen molar-refractivity contribution in [3.05, 3.63) is 11.4 Å². The van der Waals surface area contributed by atoms with Crippen LogP contribution >= 0.6 is 0 Å². The van der Waals surface area contributed by atoms with E-state index in [1.807, 2.05) is 20.9 Å². The Morgan fingerprint density at radius 1 is 1.27 bits per heavy atom. The molecular formula is C11H20N4. The first kappa shape index (κ1) is 11.8. The van der Waals surface area contributed by atoms with Gasteiger partial charge in [0.1, 0.15) is 17.5 Å². The second kappa shape index (κ2) is 4.96. The first-order chi connectivity index (χ1) is 7.10. The summed E-state index contributed by atoms with van der Waals surface area (Å²) in [4.78, 5) is 11.0. The molecule has 4 nitrogen and oxygen atoms in total. The summed E-state index contributed by atoms with van der Waals surface area (Å²) < 4.78 is 0. The van der Waals surface area contributed by atoms with Crippen molar-refractivity contribution in [3.8, 4) is 0 Å². The molecule has 1 rings (SSSR count). The molecule has 0 aliphatic rings. The number of aromatic nitrogens is 2. The maximum absolute atomic E-state index is 4.47. The minimum Gasteiger partial charge on any atom is -0.373 e. The summed E-state index contributed by atoms with van der Waals surface area (Å²) in [7, 11) is 3.95. The van der Waals surface area contributed by atoms with Gasteiger partial charge in [-0.25, -0.2) is 9.97 Å². The molecule has 1 heterocycles. The van der Waals surface area contributed by atoms with E-state index in [0.717, 1.165) is 36.0 Å². The van der Waals surface area contributed by atoms with E-state index in [9.17, 15) is 0 Å². The van der Waals surface area contributed by atoms with Crippen LogP contribution in [0.15, 0.2) is 0 Å². The first-order valence-corrected chi connectivity index (χ1v) is 5.34. The van der Waals surface area contributed by atoms with Gasteiger partial charge in [0.2, 0.25) is 0 Å². The Labute approximate surface area is 91.7 Å². The van der Waals surface area contributed by atoms with Crippen molar-refractivity contribution >= 4 is 11.6 Å². The van der Waals surface area contributed by atoms with Gasteiger partial charge in [0.25, 0.3) is 0 Å². The van der Waals surface area contributed by atoms with Crippen molar-refractivity contribution in [1.82, 2.24) is 9.97 Å². The Morgan fingerprint density at radius 2 is 1.93 bits per heavy atom. The average molecular weight is 208 g/mol. The third kappa shape index (κ3) is 2.58. The Kier molecular flexibility index (Phi) is 3.88. The number of rotatable bonds is 4. The highest BCUT2D eigenvalue weighted by atomic mass is 15.2. The first-order valence-electron chi connectivity index (χ1n) is 5.34. The molecule has 4 heteroatoms. The molecule has 1 aromatic rings. The van der Waals surface area contributed by atoms with E-state index in [1.54, 1.807) is 0 Å². The molecule has 0 saturated heterocycles. The van der Waals surface area contributed by atoms with Gasteiger partial charge in [-0.15, -0.1) is 0 Å². The predicted molar refractivity (Wildman–Crippen MR) is 64.6 cm³/mol. The largest absolute Gasteiger partial charge is 0.373 e. The van der Waals surface area contributed by atoms with E-state index in [1.165, 1.54) is 0 Å². The number of nitrogens with one attached hydrogen (secondary N) is 1. The lowest BCUT2D eigenvalue weighted by Crippen LogP contribution is -2.21. The summed E-state index contributed by atoms with van der Waals surface area (Å²) in [6, 6.07) is 0. The molecule has 0 aliphatic heterocycles. The Balaban J connectivity index is 3.11. The predicted octanol–water partition coefficient (Wildman–Crippen LogP) is 1.98. The summed E-state index contributed by atoms with van der Waals surface area (Å²) in [5.74, 6) is 2.75. The Hall–Kier alpha value is -1.32. The fraction of sp³-hybridized carbons (Fsp3) is 0.636. The SMILES string of the molecule is CCCN(C)c1nc(C)nc(NC)c1C. The minimum atomic E-state index is 0.808. The van der Waals surface area contributed by atoms with Crippen LogP contribution < -0.4 is 10.2 Å². The second-order valence-electron chi connectivity index (χ2n) is 3.74. The molecule has 0 bridgehead atoms. The van der Waals surface area contributed by atoms with E-state index < -0.39 is 0 Å². The standard InChI is InChI=1S/C11H20N4/c1-6-7-15(5)11-8(2)10(12-4)13-9(3)14-11/h6-7H2,1-5H3,(H,12,13,14). The zero-order chi connectivity index (χ0) is 11.4. The molecule has 0 atom stereocenters. The van der Waals surface area contributed by atoms with Gasteiger partial charge in [-0.1, -0.05) is 6.92 Å². The molecule has 0 amide bonds. The van der Waals surface area contributed by atoms with Crippen molar-refractivity contribution < 1.29 is 0 Å². The van der Waals surface area contributed by atoms with E-state index >= 15 is 0 Å². The molecule has 0 fully saturated rings. The van der Waals surface area contributed by atoms with Crippen molar-refractivity contribution in [2.24, 2.45) is 0 Å². The zero-order valence-electron chi connectivity index (χ0n) is 10.3. The van der Waals surface area contributed by atoms with Gasteiger partial charge in [-0.05, 0) is 20.3 Å². The highest BCUT2D eigenvalue weighted by molar-refractivity contribution is 5.57. The molecule has 0 spiro atoms. The second-order valence-corrected chi connectivity index (χ2v) is 3.74. The third-order valence-corrected chi connectivity index (χ3v) is 2.39. The summed E-state index contributed by atoms with van der Waals surface area (Å²) in [5, 5.41) is 3.10. The average Bonchev–Trinajstić information content (AvgIpc) is 2.21. The normalized spacial score (nSPS) is 10.2. The van der Waals surface area contributed by atoms with Gasteiger partial charge in [0.15, 0.2) is 0 Å². The molecule has 15 heavy (non-hydrogen) atoms. The van der Waals surface area contributed by atoms with E-state index in [4.69, 9.17) is 0 Å². The van der Waals surface area contributed by atoms with Crippen LogP contribution in [0.4, 0.5) is 11.6 Å². The molecular weight excluding hydrogens is 188 g/mol. The van der Waals surface area contributed by atoms with Gasteiger partial charge in [0, 0.05) is 26.2 Å². The highest BCUT2D eigenvalue weighted by Crippen LogP contribution is 2.22.